The molecule has 2 atom stereocenters. The molecule has 0 fully saturated rings. The van der Waals surface area contributed by atoms with Gasteiger partial charge in [-0.3, -0.25) is 4.52 Å². The lowest BCUT2D eigenvalue weighted by atomic mass is 10.8. The molecule has 0 spiro atoms. The Kier molecular flexibility index (Phi) is 4.02. The van der Waals surface area contributed by atoms with Gasteiger partial charge in [-0.05, 0) is 6.92 Å². The van der Waals surface area contributed by atoms with E-state index in [-0.39, 0.29) is 0 Å². The second kappa shape index (κ2) is 3.95. The van der Waals surface area contributed by atoms with Crippen LogP contribution in [0.2, 0.25) is 0 Å². The van der Waals surface area contributed by atoms with Gasteiger partial charge in [-0.2, -0.15) is 4.31 Å². The summed E-state index contributed by atoms with van der Waals surface area (Å²) in [5, 5.41) is 8.40. The van der Waals surface area contributed by atoms with E-state index in [4.69, 9.17) is 19.8 Å². The molecule has 0 bridgehead atoms. The third-order valence-electron chi connectivity index (χ3n) is 0.495. The van der Waals surface area contributed by atoms with Crippen molar-refractivity contribution in [2.24, 2.45) is 0 Å². The maximum absolute atomic E-state index is 10.5. The monoisotopic (exact) mass is 222 g/mol. The first-order chi connectivity index (χ1) is 5.12. The fourth-order valence-corrected chi connectivity index (χ4v) is 1.96. The lowest BCUT2D eigenvalue weighted by molar-refractivity contribution is -0.0205. The van der Waals surface area contributed by atoms with Crippen LogP contribution in [0.5, 0.6) is 0 Å². The van der Waals surface area contributed by atoms with Crippen molar-refractivity contribution in [3.8, 4) is 0 Å². The Labute approximate surface area is 67.6 Å². The van der Waals surface area contributed by atoms with Crippen LogP contribution in [0, 0.1) is 0 Å². The van der Waals surface area contributed by atoms with Crippen LogP contribution in [0.3, 0.4) is 0 Å². The van der Waals surface area contributed by atoms with Crippen LogP contribution in [-0.2, 0) is 18.0 Å². The van der Waals surface area contributed by atoms with Crippen molar-refractivity contribution in [3.05, 3.63) is 0 Å². The second-order valence-corrected chi connectivity index (χ2v) is 4.53. The first-order valence-electron chi connectivity index (χ1n) is 2.58. The van der Waals surface area contributed by atoms with Crippen LogP contribution in [0.4, 0.5) is 0 Å². The highest BCUT2D eigenvalue weighted by atomic mass is 31.3. The topological polar surface area (TPSA) is 134 Å². The smallest absolute Gasteiger partial charge is 0.368 e. The third-order valence-corrected chi connectivity index (χ3v) is 2.74. The SMILES string of the molecule is CC(O)OP(=O)(O)OP(=O)(O)O. The molecule has 0 saturated heterocycles. The van der Waals surface area contributed by atoms with Crippen molar-refractivity contribution in [2.75, 3.05) is 0 Å². The summed E-state index contributed by atoms with van der Waals surface area (Å²) in [6.07, 6.45) is -1.66. The van der Waals surface area contributed by atoms with Crippen LogP contribution >= 0.6 is 15.6 Å². The van der Waals surface area contributed by atoms with Crippen molar-refractivity contribution in [2.45, 2.75) is 13.2 Å². The molecule has 74 valence electrons. The van der Waals surface area contributed by atoms with E-state index in [9.17, 15) is 9.13 Å². The molecular weight excluding hydrogens is 214 g/mol. The predicted molar refractivity (Wildman–Crippen MR) is 35.7 cm³/mol. The molecule has 0 amide bonds. The molecule has 0 aromatic carbocycles. The van der Waals surface area contributed by atoms with E-state index in [1.165, 1.54) is 0 Å². The van der Waals surface area contributed by atoms with Crippen molar-refractivity contribution in [1.82, 2.24) is 0 Å². The van der Waals surface area contributed by atoms with E-state index in [0.717, 1.165) is 6.92 Å². The van der Waals surface area contributed by atoms with E-state index in [1.54, 1.807) is 0 Å². The maximum Gasteiger partial charge on any atom is 0.483 e. The van der Waals surface area contributed by atoms with Crippen molar-refractivity contribution >= 4 is 15.6 Å². The summed E-state index contributed by atoms with van der Waals surface area (Å²) >= 11 is 0. The van der Waals surface area contributed by atoms with Gasteiger partial charge in [0.2, 0.25) is 0 Å². The van der Waals surface area contributed by atoms with Crippen LogP contribution in [0.1, 0.15) is 6.92 Å². The Bertz CT molecular complexity index is 227. The number of rotatable bonds is 4. The Morgan fingerprint density at radius 1 is 1.25 bits per heavy atom. The molecule has 0 heterocycles. The van der Waals surface area contributed by atoms with Gasteiger partial charge in [-0.1, -0.05) is 0 Å². The van der Waals surface area contributed by atoms with Gasteiger partial charge in [-0.15, -0.1) is 0 Å². The number of phosphoric ester groups is 1. The van der Waals surface area contributed by atoms with Crippen LogP contribution in [-0.4, -0.2) is 26.1 Å². The van der Waals surface area contributed by atoms with E-state index in [2.05, 4.69) is 8.83 Å². The standard InChI is InChI=1S/C2H8O8P2/c1-2(3)9-12(7,8)10-11(4,5)6/h2-3H,1H3,(H,7,8)(H2,4,5,6). The van der Waals surface area contributed by atoms with Crippen LogP contribution < -0.4 is 0 Å². The molecule has 0 aliphatic heterocycles. The first kappa shape index (κ1) is 12.2. The Morgan fingerprint density at radius 2 is 1.67 bits per heavy atom. The summed E-state index contributed by atoms with van der Waals surface area (Å²) in [6.45, 7) is 0.978. The van der Waals surface area contributed by atoms with Gasteiger partial charge in [0.15, 0.2) is 6.29 Å². The molecule has 0 aliphatic rings. The van der Waals surface area contributed by atoms with Crippen molar-refractivity contribution in [3.63, 3.8) is 0 Å². The summed E-state index contributed by atoms with van der Waals surface area (Å²) in [7, 11) is -9.98. The highest BCUT2D eigenvalue weighted by molar-refractivity contribution is 7.60. The van der Waals surface area contributed by atoms with Gasteiger partial charge >= 0.3 is 15.6 Å². The Morgan fingerprint density at radius 3 is 1.92 bits per heavy atom. The van der Waals surface area contributed by atoms with E-state index in [0.29, 0.717) is 0 Å². The Balaban J connectivity index is 4.25. The van der Waals surface area contributed by atoms with Crippen LogP contribution in [0.25, 0.3) is 0 Å². The number of aliphatic hydroxyl groups excluding tert-OH is 1. The molecule has 0 rings (SSSR count). The van der Waals surface area contributed by atoms with Crippen molar-refractivity contribution < 1.29 is 37.8 Å². The summed E-state index contributed by atoms with van der Waals surface area (Å²) in [4.78, 5) is 24.6. The van der Waals surface area contributed by atoms with Crippen molar-refractivity contribution in [1.29, 1.82) is 0 Å². The third kappa shape index (κ3) is 6.90. The zero-order valence-corrected chi connectivity index (χ0v) is 7.68. The summed E-state index contributed by atoms with van der Waals surface area (Å²) in [6, 6.07) is 0. The molecule has 4 N–H and O–H groups in total. The summed E-state index contributed by atoms with van der Waals surface area (Å²) in [5.41, 5.74) is 0. The average molecular weight is 222 g/mol. The Hall–Kier alpha value is 0.220. The highest BCUT2D eigenvalue weighted by Gasteiger charge is 2.33. The largest absolute Gasteiger partial charge is 0.483 e. The zero-order chi connectivity index (χ0) is 9.99. The van der Waals surface area contributed by atoms with Crippen LogP contribution in [0.15, 0.2) is 0 Å². The first-order valence-corrected chi connectivity index (χ1v) is 5.61. The molecule has 10 heteroatoms. The lowest BCUT2D eigenvalue weighted by Crippen LogP contribution is -2.05. The quantitative estimate of drug-likeness (QED) is 0.371. The fourth-order valence-electron chi connectivity index (χ4n) is 0.346. The molecule has 0 aromatic heterocycles. The molecule has 8 nitrogen and oxygen atoms in total. The molecule has 0 radical (unpaired) electrons. The molecule has 0 aromatic rings. The number of phosphoric acid groups is 2. The molecular formula is C2H8O8P2. The maximum atomic E-state index is 10.5. The molecule has 12 heavy (non-hydrogen) atoms. The number of hydrogen-bond acceptors (Lipinski definition) is 5. The number of aliphatic hydroxyl groups is 1. The molecule has 0 saturated carbocycles. The average Bonchev–Trinajstić information content (AvgIpc) is 1.48. The normalized spacial score (nSPS) is 20.1. The minimum atomic E-state index is -5.09. The van der Waals surface area contributed by atoms with Gasteiger partial charge in [0, 0.05) is 0 Å². The number of hydrogen-bond donors (Lipinski definition) is 4. The van der Waals surface area contributed by atoms with Gasteiger partial charge in [0.1, 0.15) is 0 Å². The predicted octanol–water partition coefficient (Wildman–Crippen LogP) is -0.449. The minimum Gasteiger partial charge on any atom is -0.368 e. The molecule has 2 unspecified atom stereocenters. The fraction of sp³-hybridized carbons (Fsp3) is 1.00. The van der Waals surface area contributed by atoms with Gasteiger partial charge in [0.05, 0.1) is 0 Å². The zero-order valence-electron chi connectivity index (χ0n) is 5.89. The van der Waals surface area contributed by atoms with Gasteiger partial charge in [0.25, 0.3) is 0 Å². The van der Waals surface area contributed by atoms with E-state index < -0.39 is 21.9 Å². The lowest BCUT2D eigenvalue weighted by Gasteiger charge is -2.13. The second-order valence-electron chi connectivity index (χ2n) is 1.75. The summed E-state index contributed by atoms with van der Waals surface area (Å²) in [5.74, 6) is 0. The minimum absolute atomic E-state index is 0.978. The summed E-state index contributed by atoms with van der Waals surface area (Å²) < 4.78 is 27.6. The van der Waals surface area contributed by atoms with Gasteiger partial charge in [-0.25, -0.2) is 9.13 Å². The van der Waals surface area contributed by atoms with E-state index in [1.807, 2.05) is 0 Å². The van der Waals surface area contributed by atoms with Gasteiger partial charge < -0.3 is 19.8 Å². The van der Waals surface area contributed by atoms with E-state index >= 15 is 0 Å². The molecule has 0 aliphatic carbocycles. The highest BCUT2D eigenvalue weighted by Crippen LogP contribution is 2.57.